The quantitative estimate of drug-likeness (QED) is 0.616. The van der Waals surface area contributed by atoms with E-state index in [1.54, 1.807) is 7.11 Å². The van der Waals surface area contributed by atoms with Crippen LogP contribution in [0.4, 0.5) is 5.69 Å². The van der Waals surface area contributed by atoms with Crippen molar-refractivity contribution in [3.05, 3.63) is 66.0 Å². The van der Waals surface area contributed by atoms with E-state index in [0.717, 1.165) is 49.7 Å². The topological polar surface area (TPSA) is 59.3 Å². The van der Waals surface area contributed by atoms with E-state index in [1.165, 1.54) is 5.69 Å². The van der Waals surface area contributed by atoms with E-state index in [0.29, 0.717) is 6.54 Å². The highest BCUT2D eigenvalue weighted by atomic mass is 16.5. The van der Waals surface area contributed by atoms with E-state index in [-0.39, 0.29) is 6.04 Å². The first-order valence-corrected chi connectivity index (χ1v) is 10.2. The van der Waals surface area contributed by atoms with Gasteiger partial charge in [-0.2, -0.15) is 0 Å². The van der Waals surface area contributed by atoms with Crippen LogP contribution < -0.4 is 9.64 Å². The van der Waals surface area contributed by atoms with Crippen LogP contribution in [0.5, 0.6) is 5.75 Å². The Kier molecular flexibility index (Phi) is 6.05. The van der Waals surface area contributed by atoms with Crippen molar-refractivity contribution in [3.63, 3.8) is 0 Å². The Labute approximate surface area is 171 Å². The van der Waals surface area contributed by atoms with Gasteiger partial charge in [-0.25, -0.2) is 4.68 Å². The monoisotopic (exact) mass is 392 g/mol. The van der Waals surface area contributed by atoms with Gasteiger partial charge in [-0.3, -0.25) is 4.90 Å². The van der Waals surface area contributed by atoms with Gasteiger partial charge in [-0.15, -0.1) is 5.10 Å². The van der Waals surface area contributed by atoms with Gasteiger partial charge in [0.1, 0.15) is 5.75 Å². The van der Waals surface area contributed by atoms with Crippen molar-refractivity contribution >= 4 is 5.69 Å². The van der Waals surface area contributed by atoms with Gasteiger partial charge in [0.25, 0.3) is 0 Å². The molecule has 7 nitrogen and oxygen atoms in total. The zero-order valence-electron chi connectivity index (χ0n) is 17.1. The summed E-state index contributed by atoms with van der Waals surface area (Å²) in [5.41, 5.74) is 2.45. The van der Waals surface area contributed by atoms with Crippen LogP contribution in [0, 0.1) is 0 Å². The van der Waals surface area contributed by atoms with Crippen molar-refractivity contribution < 1.29 is 4.74 Å². The maximum atomic E-state index is 5.25. The minimum absolute atomic E-state index is 0.223. The Morgan fingerprint density at radius 1 is 0.966 bits per heavy atom. The molecule has 1 aromatic heterocycles. The average molecular weight is 393 g/mol. The third kappa shape index (κ3) is 4.40. The smallest absolute Gasteiger partial charge is 0.168 e. The van der Waals surface area contributed by atoms with Crippen LogP contribution in [0.1, 0.15) is 30.8 Å². The van der Waals surface area contributed by atoms with Crippen LogP contribution in [-0.4, -0.2) is 58.4 Å². The Morgan fingerprint density at radius 3 is 2.34 bits per heavy atom. The molecular weight excluding hydrogens is 364 g/mol. The molecule has 0 spiro atoms. The van der Waals surface area contributed by atoms with Gasteiger partial charge < -0.3 is 9.64 Å². The van der Waals surface area contributed by atoms with Gasteiger partial charge in [-0.05, 0) is 46.7 Å². The number of rotatable bonds is 7. The van der Waals surface area contributed by atoms with Crippen molar-refractivity contribution in [3.8, 4) is 5.75 Å². The molecule has 29 heavy (non-hydrogen) atoms. The van der Waals surface area contributed by atoms with Crippen LogP contribution in [0.2, 0.25) is 0 Å². The lowest BCUT2D eigenvalue weighted by molar-refractivity contribution is 0.169. The fourth-order valence-corrected chi connectivity index (χ4v) is 4.00. The van der Waals surface area contributed by atoms with Crippen molar-refractivity contribution in [2.45, 2.75) is 25.9 Å². The Morgan fingerprint density at radius 2 is 1.69 bits per heavy atom. The molecule has 0 aliphatic carbocycles. The van der Waals surface area contributed by atoms with Gasteiger partial charge in [0.2, 0.25) is 0 Å². The fourth-order valence-electron chi connectivity index (χ4n) is 4.00. The zero-order chi connectivity index (χ0) is 20.1. The van der Waals surface area contributed by atoms with E-state index in [9.17, 15) is 0 Å². The molecule has 2 heterocycles. The number of piperazine rings is 1. The first-order chi connectivity index (χ1) is 14.3. The van der Waals surface area contributed by atoms with Gasteiger partial charge in [-0.1, -0.05) is 37.3 Å². The number of benzene rings is 2. The summed E-state index contributed by atoms with van der Waals surface area (Å²) in [5, 5.41) is 12.6. The van der Waals surface area contributed by atoms with Crippen molar-refractivity contribution in [1.82, 2.24) is 25.1 Å². The molecule has 0 N–H and O–H groups in total. The van der Waals surface area contributed by atoms with E-state index < -0.39 is 0 Å². The van der Waals surface area contributed by atoms with Crippen LogP contribution in [-0.2, 0) is 6.54 Å². The summed E-state index contributed by atoms with van der Waals surface area (Å²) >= 11 is 0. The minimum Gasteiger partial charge on any atom is -0.497 e. The summed E-state index contributed by atoms with van der Waals surface area (Å²) in [6.07, 6.45) is 0.980. The number of para-hydroxylation sites is 1. The molecule has 7 heteroatoms. The highest BCUT2D eigenvalue weighted by molar-refractivity contribution is 5.46. The summed E-state index contributed by atoms with van der Waals surface area (Å²) in [5.74, 6) is 1.80. The molecule has 2 aromatic carbocycles. The maximum absolute atomic E-state index is 5.25. The molecule has 1 aliphatic heterocycles. The maximum Gasteiger partial charge on any atom is 0.168 e. The summed E-state index contributed by atoms with van der Waals surface area (Å²) in [6.45, 7) is 6.90. The predicted octanol–water partition coefficient (Wildman–Crippen LogP) is 3.00. The number of methoxy groups -OCH3 is 1. The van der Waals surface area contributed by atoms with E-state index >= 15 is 0 Å². The summed E-state index contributed by atoms with van der Waals surface area (Å²) in [4.78, 5) is 4.96. The lowest BCUT2D eigenvalue weighted by Gasteiger charge is -2.39. The molecule has 0 bridgehead atoms. The Balaban J connectivity index is 1.44. The number of tetrazole rings is 1. The van der Waals surface area contributed by atoms with Crippen molar-refractivity contribution in [1.29, 1.82) is 0 Å². The minimum atomic E-state index is 0.223. The zero-order valence-corrected chi connectivity index (χ0v) is 17.1. The molecule has 0 saturated carbocycles. The highest BCUT2D eigenvalue weighted by Crippen LogP contribution is 2.25. The molecule has 0 unspecified atom stereocenters. The average Bonchev–Trinajstić information content (AvgIpc) is 3.24. The van der Waals surface area contributed by atoms with E-state index in [1.807, 2.05) is 16.8 Å². The largest absolute Gasteiger partial charge is 0.497 e. The highest BCUT2D eigenvalue weighted by Gasteiger charge is 2.28. The number of anilines is 1. The lowest BCUT2D eigenvalue weighted by Crippen LogP contribution is -2.48. The van der Waals surface area contributed by atoms with Crippen LogP contribution in [0.15, 0.2) is 54.6 Å². The predicted molar refractivity (Wildman–Crippen MR) is 113 cm³/mol. The van der Waals surface area contributed by atoms with Crippen molar-refractivity contribution in [2.24, 2.45) is 0 Å². The standard InChI is InChI=1S/C22H28N6O/c1-3-21(27-15-13-26(14-16-27)19-7-5-4-6-8-19)22-23-24-25-28(22)17-18-9-11-20(29-2)12-10-18/h4-12,21H,3,13-17H2,1-2H3/t21-/m0/s1. The SMILES string of the molecule is CC[C@@H](c1nnnn1Cc1ccc(OC)cc1)N1CCN(c2ccccc2)CC1. The third-order valence-electron chi connectivity index (χ3n) is 5.61. The molecule has 1 atom stereocenters. The third-order valence-corrected chi connectivity index (χ3v) is 5.61. The summed E-state index contributed by atoms with van der Waals surface area (Å²) in [7, 11) is 1.68. The number of ether oxygens (including phenoxy) is 1. The van der Waals surface area contributed by atoms with Crippen LogP contribution in [0.25, 0.3) is 0 Å². The van der Waals surface area contributed by atoms with Crippen LogP contribution in [0.3, 0.4) is 0 Å². The first-order valence-electron chi connectivity index (χ1n) is 10.2. The fraction of sp³-hybridized carbons (Fsp3) is 0.409. The molecular formula is C22H28N6O. The molecule has 1 fully saturated rings. The number of hydrogen-bond acceptors (Lipinski definition) is 6. The molecule has 3 aromatic rings. The Hall–Kier alpha value is -2.93. The normalized spacial score (nSPS) is 16.0. The summed E-state index contributed by atoms with van der Waals surface area (Å²) < 4.78 is 7.18. The lowest BCUT2D eigenvalue weighted by atomic mass is 10.1. The van der Waals surface area contributed by atoms with E-state index in [4.69, 9.17) is 4.74 Å². The molecule has 0 amide bonds. The summed E-state index contributed by atoms with van der Waals surface area (Å²) in [6, 6.07) is 18.9. The molecule has 0 radical (unpaired) electrons. The Bertz CT molecular complexity index is 887. The van der Waals surface area contributed by atoms with Crippen LogP contribution >= 0.6 is 0 Å². The number of hydrogen-bond donors (Lipinski definition) is 0. The first kappa shape index (κ1) is 19.4. The molecule has 1 aliphatic rings. The van der Waals surface area contributed by atoms with E-state index in [2.05, 4.69) is 74.7 Å². The number of aromatic nitrogens is 4. The van der Waals surface area contributed by atoms with Gasteiger partial charge in [0.05, 0.1) is 19.7 Å². The second-order valence-corrected chi connectivity index (χ2v) is 7.33. The molecule has 152 valence electrons. The molecule has 1 saturated heterocycles. The van der Waals surface area contributed by atoms with Gasteiger partial charge >= 0.3 is 0 Å². The van der Waals surface area contributed by atoms with Gasteiger partial charge in [0, 0.05) is 31.9 Å². The van der Waals surface area contributed by atoms with Crippen molar-refractivity contribution in [2.75, 3.05) is 38.2 Å². The second kappa shape index (κ2) is 9.05. The number of nitrogens with zero attached hydrogens (tertiary/aromatic N) is 6. The molecule has 4 rings (SSSR count). The second-order valence-electron chi connectivity index (χ2n) is 7.33. The van der Waals surface area contributed by atoms with Gasteiger partial charge in [0.15, 0.2) is 5.82 Å².